The maximum absolute atomic E-state index is 12.3. The molecule has 0 saturated carbocycles. The molecule has 1 aromatic rings. The number of nitriles is 1. The van der Waals surface area contributed by atoms with E-state index in [0.717, 1.165) is 5.69 Å². The summed E-state index contributed by atoms with van der Waals surface area (Å²) in [7, 11) is 0. The smallest absolute Gasteiger partial charge is 0.368 e. The predicted octanol–water partition coefficient (Wildman–Crippen LogP) is 2.90. The number of hydrogen-bond donors (Lipinski definition) is 0. The topological polar surface area (TPSA) is 30.3 Å². The van der Waals surface area contributed by atoms with Crippen LogP contribution in [0.25, 0.3) is 0 Å². The third kappa shape index (κ3) is 3.78. The molecule has 1 heterocycles. The van der Waals surface area contributed by atoms with Gasteiger partial charge in [0.2, 0.25) is 0 Å². The molecule has 20 heavy (non-hydrogen) atoms. The van der Waals surface area contributed by atoms with Crippen molar-refractivity contribution in [2.45, 2.75) is 6.18 Å². The predicted molar refractivity (Wildman–Crippen MR) is 70.9 cm³/mol. The van der Waals surface area contributed by atoms with E-state index in [0.29, 0.717) is 36.8 Å². The van der Waals surface area contributed by atoms with Crippen LogP contribution in [0.5, 0.6) is 0 Å². The molecule has 7 heteroatoms. The Balaban J connectivity index is 2.03. The number of piperazine rings is 1. The van der Waals surface area contributed by atoms with Crippen LogP contribution in [0, 0.1) is 11.3 Å². The van der Waals surface area contributed by atoms with E-state index in [9.17, 15) is 13.2 Å². The molecule has 0 radical (unpaired) electrons. The largest absolute Gasteiger partial charge is 0.401 e. The first kappa shape index (κ1) is 14.9. The Bertz CT molecular complexity index is 517. The van der Waals surface area contributed by atoms with E-state index in [1.807, 2.05) is 4.90 Å². The highest BCUT2D eigenvalue weighted by Crippen LogP contribution is 2.25. The minimum atomic E-state index is -4.17. The highest BCUT2D eigenvalue weighted by atomic mass is 35.5. The van der Waals surface area contributed by atoms with Gasteiger partial charge in [-0.3, -0.25) is 4.90 Å². The lowest BCUT2D eigenvalue weighted by molar-refractivity contribution is -0.146. The van der Waals surface area contributed by atoms with Gasteiger partial charge in [0.1, 0.15) is 6.07 Å². The Kier molecular flexibility index (Phi) is 4.41. The Hall–Kier alpha value is -1.45. The quantitative estimate of drug-likeness (QED) is 0.841. The fourth-order valence-electron chi connectivity index (χ4n) is 2.27. The minimum absolute atomic E-state index is 0.326. The van der Waals surface area contributed by atoms with Crippen molar-refractivity contribution in [3.05, 3.63) is 28.8 Å². The molecule has 3 nitrogen and oxygen atoms in total. The molecular formula is C13H13ClF3N3. The van der Waals surface area contributed by atoms with Gasteiger partial charge in [-0.2, -0.15) is 18.4 Å². The summed E-state index contributed by atoms with van der Waals surface area (Å²) >= 11 is 5.83. The highest BCUT2D eigenvalue weighted by molar-refractivity contribution is 6.30. The van der Waals surface area contributed by atoms with Gasteiger partial charge in [-0.25, -0.2) is 0 Å². The number of anilines is 1. The van der Waals surface area contributed by atoms with Crippen molar-refractivity contribution < 1.29 is 13.2 Å². The van der Waals surface area contributed by atoms with Crippen molar-refractivity contribution in [2.75, 3.05) is 37.6 Å². The summed E-state index contributed by atoms with van der Waals surface area (Å²) in [5, 5.41) is 9.56. The Morgan fingerprint density at radius 1 is 1.20 bits per heavy atom. The third-order valence-electron chi connectivity index (χ3n) is 3.19. The normalized spacial score (nSPS) is 17.1. The van der Waals surface area contributed by atoms with Crippen LogP contribution in [0.1, 0.15) is 5.56 Å². The van der Waals surface area contributed by atoms with Gasteiger partial charge in [-0.1, -0.05) is 11.6 Å². The number of rotatable bonds is 2. The highest BCUT2D eigenvalue weighted by Gasteiger charge is 2.32. The molecule has 0 unspecified atom stereocenters. The second kappa shape index (κ2) is 5.90. The summed E-state index contributed by atoms with van der Waals surface area (Å²) in [5.41, 5.74) is 1.17. The molecule has 0 amide bonds. The monoisotopic (exact) mass is 303 g/mol. The number of nitrogens with zero attached hydrogens (tertiary/aromatic N) is 3. The number of halogens is 4. The maximum Gasteiger partial charge on any atom is 0.401 e. The van der Waals surface area contributed by atoms with Gasteiger partial charge >= 0.3 is 6.18 Å². The zero-order chi connectivity index (χ0) is 14.8. The fraction of sp³-hybridized carbons (Fsp3) is 0.462. The van der Waals surface area contributed by atoms with Crippen molar-refractivity contribution in [3.63, 3.8) is 0 Å². The molecule has 0 atom stereocenters. The third-order valence-corrected chi connectivity index (χ3v) is 3.43. The summed E-state index contributed by atoms with van der Waals surface area (Å²) in [6.07, 6.45) is -4.17. The molecule has 0 bridgehead atoms. The van der Waals surface area contributed by atoms with Crippen molar-refractivity contribution in [2.24, 2.45) is 0 Å². The van der Waals surface area contributed by atoms with Crippen LogP contribution in [0.3, 0.4) is 0 Å². The second-order valence-electron chi connectivity index (χ2n) is 4.65. The van der Waals surface area contributed by atoms with Crippen molar-refractivity contribution in [3.8, 4) is 6.07 Å². The van der Waals surface area contributed by atoms with Gasteiger partial charge in [0.05, 0.1) is 17.8 Å². The summed E-state index contributed by atoms with van der Waals surface area (Å²) in [6, 6.07) is 7.05. The Morgan fingerprint density at radius 2 is 1.85 bits per heavy atom. The summed E-state index contributed by atoms with van der Waals surface area (Å²) in [6.45, 7) is 0.700. The van der Waals surface area contributed by atoms with Gasteiger partial charge in [0.25, 0.3) is 0 Å². The van der Waals surface area contributed by atoms with E-state index in [2.05, 4.69) is 6.07 Å². The van der Waals surface area contributed by atoms with Gasteiger partial charge in [-0.05, 0) is 18.2 Å². The molecule has 1 fully saturated rings. The molecule has 0 spiro atoms. The number of alkyl halides is 3. The first-order valence-corrected chi connectivity index (χ1v) is 6.50. The second-order valence-corrected chi connectivity index (χ2v) is 5.09. The standard InChI is InChI=1S/C13H13ClF3N3/c14-11-1-2-12(10(7-11)8-18)20-5-3-19(4-6-20)9-13(15,16)17/h1-2,7H,3-6,9H2. The zero-order valence-electron chi connectivity index (χ0n) is 10.6. The summed E-state index contributed by atoms with van der Waals surface area (Å²) < 4.78 is 36.9. The van der Waals surface area contributed by atoms with Gasteiger partial charge in [0, 0.05) is 31.2 Å². The van der Waals surface area contributed by atoms with E-state index in [-0.39, 0.29) is 0 Å². The van der Waals surface area contributed by atoms with Crippen LogP contribution in [0.4, 0.5) is 18.9 Å². The molecule has 1 aliphatic rings. The van der Waals surface area contributed by atoms with E-state index in [1.165, 1.54) is 4.90 Å². The fourth-order valence-corrected chi connectivity index (χ4v) is 2.45. The van der Waals surface area contributed by atoms with E-state index in [4.69, 9.17) is 16.9 Å². The van der Waals surface area contributed by atoms with Crippen molar-refractivity contribution in [1.82, 2.24) is 4.90 Å². The van der Waals surface area contributed by atoms with E-state index in [1.54, 1.807) is 18.2 Å². The summed E-state index contributed by atoms with van der Waals surface area (Å²) in [4.78, 5) is 3.29. The van der Waals surface area contributed by atoms with Crippen molar-refractivity contribution >= 4 is 17.3 Å². The van der Waals surface area contributed by atoms with Crippen LogP contribution in [-0.2, 0) is 0 Å². The first-order chi connectivity index (χ1) is 9.39. The average Bonchev–Trinajstić information content (AvgIpc) is 2.38. The molecule has 0 N–H and O–H groups in total. The number of benzene rings is 1. The van der Waals surface area contributed by atoms with Crippen molar-refractivity contribution in [1.29, 1.82) is 5.26 Å². The number of hydrogen-bond acceptors (Lipinski definition) is 3. The first-order valence-electron chi connectivity index (χ1n) is 6.13. The van der Waals surface area contributed by atoms with Crippen LogP contribution in [-0.4, -0.2) is 43.8 Å². The van der Waals surface area contributed by atoms with Gasteiger partial charge < -0.3 is 4.90 Å². The maximum atomic E-state index is 12.3. The van der Waals surface area contributed by atoms with Gasteiger partial charge in [-0.15, -0.1) is 0 Å². The minimum Gasteiger partial charge on any atom is -0.368 e. The van der Waals surface area contributed by atoms with Crippen LogP contribution >= 0.6 is 11.6 Å². The lowest BCUT2D eigenvalue weighted by Gasteiger charge is -2.36. The zero-order valence-corrected chi connectivity index (χ0v) is 11.4. The molecular weight excluding hydrogens is 291 g/mol. The molecule has 0 aromatic heterocycles. The van der Waals surface area contributed by atoms with Crippen LogP contribution in [0.2, 0.25) is 5.02 Å². The van der Waals surface area contributed by atoms with E-state index >= 15 is 0 Å². The molecule has 1 aromatic carbocycles. The molecule has 1 aliphatic heterocycles. The summed E-state index contributed by atoms with van der Waals surface area (Å²) in [5.74, 6) is 0. The lowest BCUT2D eigenvalue weighted by atomic mass is 10.1. The van der Waals surface area contributed by atoms with Crippen LogP contribution in [0.15, 0.2) is 18.2 Å². The molecule has 2 rings (SSSR count). The Morgan fingerprint density at radius 3 is 2.40 bits per heavy atom. The molecule has 1 saturated heterocycles. The van der Waals surface area contributed by atoms with E-state index < -0.39 is 12.7 Å². The Labute approximate surface area is 120 Å². The molecule has 0 aliphatic carbocycles. The molecule has 108 valence electrons. The average molecular weight is 304 g/mol. The lowest BCUT2D eigenvalue weighted by Crippen LogP contribution is -2.49. The SMILES string of the molecule is N#Cc1cc(Cl)ccc1N1CCN(CC(F)(F)F)CC1. The van der Waals surface area contributed by atoms with Gasteiger partial charge in [0.15, 0.2) is 0 Å². The van der Waals surface area contributed by atoms with Crippen LogP contribution < -0.4 is 4.90 Å².